The number of nitrogens with two attached hydrogens (primary N) is 1. The molecule has 2 heterocycles. The molecule has 3 heteroatoms. The Bertz CT molecular complexity index is 252. The van der Waals surface area contributed by atoms with Gasteiger partial charge in [-0.1, -0.05) is 6.42 Å². The zero-order chi connectivity index (χ0) is 9.80. The van der Waals surface area contributed by atoms with Crippen LogP contribution in [-0.4, -0.2) is 24.5 Å². The van der Waals surface area contributed by atoms with Gasteiger partial charge in [-0.2, -0.15) is 0 Å². The first-order valence-corrected chi connectivity index (χ1v) is 5.39. The molecule has 0 radical (unpaired) electrons. The number of hydrogen-bond acceptors (Lipinski definition) is 3. The Morgan fingerprint density at radius 2 is 2.14 bits per heavy atom. The Balaban J connectivity index is 2.04. The van der Waals surface area contributed by atoms with E-state index in [-0.39, 0.29) is 6.04 Å². The topological polar surface area (TPSA) is 42.4 Å². The molecule has 0 saturated carbocycles. The molecule has 2 N–H and O–H groups in total. The van der Waals surface area contributed by atoms with Gasteiger partial charge in [-0.15, -0.1) is 0 Å². The Kier molecular flexibility index (Phi) is 3.22. The van der Waals surface area contributed by atoms with Crippen molar-refractivity contribution in [3.8, 4) is 0 Å². The van der Waals surface area contributed by atoms with Gasteiger partial charge in [0.25, 0.3) is 0 Å². The van der Waals surface area contributed by atoms with Crippen LogP contribution in [0.2, 0.25) is 0 Å². The maximum absolute atomic E-state index is 5.79. The van der Waals surface area contributed by atoms with Gasteiger partial charge in [-0.25, -0.2) is 0 Å². The number of rotatable bonds is 3. The van der Waals surface area contributed by atoms with Crippen molar-refractivity contribution in [2.45, 2.75) is 25.3 Å². The summed E-state index contributed by atoms with van der Waals surface area (Å²) in [6, 6.07) is 4.24. The van der Waals surface area contributed by atoms with Gasteiger partial charge >= 0.3 is 0 Å². The van der Waals surface area contributed by atoms with Crippen molar-refractivity contribution in [3.05, 3.63) is 24.2 Å². The summed E-state index contributed by atoms with van der Waals surface area (Å²) in [5.41, 5.74) is 5.79. The zero-order valence-electron chi connectivity index (χ0n) is 8.48. The molecule has 1 saturated heterocycles. The van der Waals surface area contributed by atoms with Gasteiger partial charge in [0, 0.05) is 6.54 Å². The van der Waals surface area contributed by atoms with Crippen molar-refractivity contribution in [2.24, 2.45) is 5.73 Å². The SMILES string of the molecule is NC[C@H](c1ccco1)N1CCCCC1. The largest absolute Gasteiger partial charge is 0.468 e. The quantitative estimate of drug-likeness (QED) is 0.797. The molecule has 0 aliphatic carbocycles. The van der Waals surface area contributed by atoms with Crippen molar-refractivity contribution in [1.29, 1.82) is 0 Å². The second-order valence-electron chi connectivity index (χ2n) is 3.86. The Hall–Kier alpha value is -0.800. The average Bonchev–Trinajstić information content (AvgIpc) is 2.74. The van der Waals surface area contributed by atoms with Crippen LogP contribution in [0.4, 0.5) is 0 Å². The van der Waals surface area contributed by atoms with Gasteiger partial charge in [-0.3, -0.25) is 4.90 Å². The fourth-order valence-electron chi connectivity index (χ4n) is 2.16. The van der Waals surface area contributed by atoms with Gasteiger partial charge in [0.1, 0.15) is 5.76 Å². The van der Waals surface area contributed by atoms with Gasteiger partial charge in [-0.05, 0) is 38.1 Å². The summed E-state index contributed by atoms with van der Waals surface area (Å²) >= 11 is 0. The molecule has 0 unspecified atom stereocenters. The van der Waals surface area contributed by atoms with Crippen molar-refractivity contribution >= 4 is 0 Å². The van der Waals surface area contributed by atoms with E-state index < -0.39 is 0 Å². The number of piperidine rings is 1. The highest BCUT2D eigenvalue weighted by Crippen LogP contribution is 2.23. The van der Waals surface area contributed by atoms with Crippen molar-refractivity contribution in [1.82, 2.24) is 4.90 Å². The van der Waals surface area contributed by atoms with Gasteiger partial charge in [0.2, 0.25) is 0 Å². The van der Waals surface area contributed by atoms with E-state index in [9.17, 15) is 0 Å². The maximum atomic E-state index is 5.79. The molecule has 1 aromatic rings. The van der Waals surface area contributed by atoms with Crippen molar-refractivity contribution in [3.63, 3.8) is 0 Å². The third-order valence-electron chi connectivity index (χ3n) is 2.93. The van der Waals surface area contributed by atoms with E-state index in [0.717, 1.165) is 18.8 Å². The second kappa shape index (κ2) is 4.62. The average molecular weight is 194 g/mol. The van der Waals surface area contributed by atoms with Crippen LogP contribution < -0.4 is 5.73 Å². The van der Waals surface area contributed by atoms with E-state index in [0.29, 0.717) is 6.54 Å². The molecule has 1 atom stereocenters. The van der Waals surface area contributed by atoms with Crippen LogP contribution in [0.1, 0.15) is 31.1 Å². The summed E-state index contributed by atoms with van der Waals surface area (Å²) in [5, 5.41) is 0. The normalized spacial score (nSPS) is 20.9. The number of likely N-dealkylation sites (tertiary alicyclic amines) is 1. The third kappa shape index (κ3) is 1.99. The predicted octanol–water partition coefficient (Wildman–Crippen LogP) is 1.77. The first-order chi connectivity index (χ1) is 6.92. The van der Waals surface area contributed by atoms with Crippen LogP contribution in [0.15, 0.2) is 22.8 Å². The van der Waals surface area contributed by atoms with E-state index >= 15 is 0 Å². The van der Waals surface area contributed by atoms with Crippen LogP contribution in [-0.2, 0) is 0 Å². The highest BCUT2D eigenvalue weighted by atomic mass is 16.3. The summed E-state index contributed by atoms with van der Waals surface area (Å²) in [7, 11) is 0. The monoisotopic (exact) mass is 194 g/mol. The van der Waals surface area contributed by atoms with Crippen LogP contribution in [0.3, 0.4) is 0 Å². The lowest BCUT2D eigenvalue weighted by Crippen LogP contribution is -2.37. The Morgan fingerprint density at radius 1 is 1.36 bits per heavy atom. The molecule has 0 spiro atoms. The van der Waals surface area contributed by atoms with Crippen LogP contribution in [0.5, 0.6) is 0 Å². The van der Waals surface area contributed by atoms with E-state index in [1.54, 1.807) is 6.26 Å². The summed E-state index contributed by atoms with van der Waals surface area (Å²) < 4.78 is 5.42. The third-order valence-corrected chi connectivity index (χ3v) is 2.93. The first kappa shape index (κ1) is 9.74. The minimum Gasteiger partial charge on any atom is -0.468 e. The molecule has 78 valence electrons. The number of hydrogen-bond donors (Lipinski definition) is 1. The molecule has 3 nitrogen and oxygen atoms in total. The summed E-state index contributed by atoms with van der Waals surface area (Å²) in [4.78, 5) is 2.43. The van der Waals surface area contributed by atoms with Crippen LogP contribution >= 0.6 is 0 Å². The minimum absolute atomic E-state index is 0.283. The molecule has 1 aliphatic rings. The summed E-state index contributed by atoms with van der Waals surface area (Å²) in [6.45, 7) is 2.96. The summed E-state index contributed by atoms with van der Waals surface area (Å²) in [6.07, 6.45) is 5.66. The van der Waals surface area contributed by atoms with Gasteiger partial charge in [0.15, 0.2) is 0 Å². The zero-order valence-corrected chi connectivity index (χ0v) is 8.48. The van der Waals surface area contributed by atoms with Crippen molar-refractivity contribution in [2.75, 3.05) is 19.6 Å². The molecule has 1 fully saturated rings. The van der Waals surface area contributed by atoms with E-state index in [1.165, 1.54) is 19.3 Å². The van der Waals surface area contributed by atoms with Crippen LogP contribution in [0, 0.1) is 0 Å². The van der Waals surface area contributed by atoms with Crippen LogP contribution in [0.25, 0.3) is 0 Å². The lowest BCUT2D eigenvalue weighted by atomic mass is 10.1. The Labute approximate surface area is 84.9 Å². The Morgan fingerprint density at radius 3 is 2.71 bits per heavy atom. The van der Waals surface area contributed by atoms with Gasteiger partial charge < -0.3 is 10.2 Å². The molecular formula is C11H18N2O. The number of furan rings is 1. The highest BCUT2D eigenvalue weighted by molar-refractivity contribution is 5.05. The van der Waals surface area contributed by atoms with E-state index in [1.807, 2.05) is 12.1 Å². The van der Waals surface area contributed by atoms with Crippen molar-refractivity contribution < 1.29 is 4.42 Å². The molecule has 1 aliphatic heterocycles. The predicted molar refractivity (Wildman–Crippen MR) is 55.9 cm³/mol. The lowest BCUT2D eigenvalue weighted by Gasteiger charge is -2.32. The molecule has 0 amide bonds. The second-order valence-corrected chi connectivity index (χ2v) is 3.86. The maximum Gasteiger partial charge on any atom is 0.122 e. The smallest absolute Gasteiger partial charge is 0.122 e. The molecule has 14 heavy (non-hydrogen) atoms. The fraction of sp³-hybridized carbons (Fsp3) is 0.636. The molecule has 0 bridgehead atoms. The molecule has 2 rings (SSSR count). The molecule has 1 aromatic heterocycles. The van der Waals surface area contributed by atoms with E-state index in [4.69, 9.17) is 10.2 Å². The summed E-state index contributed by atoms with van der Waals surface area (Å²) in [5.74, 6) is 1.01. The fourth-order valence-corrected chi connectivity index (χ4v) is 2.16. The number of nitrogens with zero attached hydrogens (tertiary/aromatic N) is 1. The van der Waals surface area contributed by atoms with Gasteiger partial charge in [0.05, 0.1) is 12.3 Å². The minimum atomic E-state index is 0.283. The molecular weight excluding hydrogens is 176 g/mol. The van der Waals surface area contributed by atoms with E-state index in [2.05, 4.69) is 4.90 Å². The standard InChI is InChI=1S/C11H18N2O/c12-9-10(11-5-4-8-14-11)13-6-2-1-3-7-13/h4-5,8,10H,1-3,6-7,9,12H2/t10-/m1/s1. The first-order valence-electron chi connectivity index (χ1n) is 5.39. The molecule has 0 aromatic carbocycles. The lowest BCUT2D eigenvalue weighted by molar-refractivity contribution is 0.150. The highest BCUT2D eigenvalue weighted by Gasteiger charge is 2.22.